The van der Waals surface area contributed by atoms with Gasteiger partial charge in [-0.2, -0.15) is 0 Å². The largest absolute Gasteiger partial charge is 0.333 e. The van der Waals surface area contributed by atoms with E-state index in [0.29, 0.717) is 11.5 Å². The number of benzene rings is 1. The Morgan fingerprint density at radius 1 is 1.09 bits per heavy atom. The minimum Gasteiger partial charge on any atom is -0.333 e. The van der Waals surface area contributed by atoms with Gasteiger partial charge in [-0.05, 0) is 61.4 Å². The fourth-order valence-electron chi connectivity index (χ4n) is 4.15. The van der Waals surface area contributed by atoms with Gasteiger partial charge in [0, 0.05) is 24.5 Å². The van der Waals surface area contributed by atoms with Crippen LogP contribution in [0.25, 0.3) is 0 Å². The minimum atomic E-state index is -0.194. The molecule has 1 aromatic heterocycles. The van der Waals surface area contributed by atoms with Crippen molar-refractivity contribution in [2.24, 2.45) is 0 Å². The third-order valence-corrected chi connectivity index (χ3v) is 5.22. The van der Waals surface area contributed by atoms with E-state index in [1.807, 2.05) is 18.2 Å². The van der Waals surface area contributed by atoms with Crippen molar-refractivity contribution in [3.8, 4) is 0 Å². The summed E-state index contributed by atoms with van der Waals surface area (Å²) in [5.41, 5.74) is 1.86. The van der Waals surface area contributed by atoms with E-state index in [0.717, 1.165) is 25.7 Å². The summed E-state index contributed by atoms with van der Waals surface area (Å²) in [5, 5.41) is 0. The summed E-state index contributed by atoms with van der Waals surface area (Å²) in [4.78, 5) is 18.9. The molecule has 1 aromatic carbocycles. The zero-order valence-corrected chi connectivity index (χ0v) is 12.9. The number of pyridine rings is 1. The first-order valence-electron chi connectivity index (χ1n) is 8.20. The first kappa shape index (κ1) is 14.4. The second kappa shape index (κ2) is 5.76. The average Bonchev–Trinajstić information content (AvgIpc) is 2.85. The van der Waals surface area contributed by atoms with Crippen molar-refractivity contribution in [3.63, 3.8) is 0 Å². The molecule has 0 spiro atoms. The Morgan fingerprint density at radius 3 is 2.39 bits per heavy atom. The molecule has 1 amide bonds. The molecule has 23 heavy (non-hydrogen) atoms. The van der Waals surface area contributed by atoms with Crippen molar-refractivity contribution in [1.29, 1.82) is 0 Å². The quantitative estimate of drug-likeness (QED) is 0.846. The SMILES string of the molecule is O=C(c1cccnc1)N1[C@@H]2CC[C@H]1C[C@@H](c1ccc(F)cc1)C2. The fourth-order valence-corrected chi connectivity index (χ4v) is 4.15. The van der Waals surface area contributed by atoms with Gasteiger partial charge in [0.05, 0.1) is 5.56 Å². The molecule has 3 heterocycles. The summed E-state index contributed by atoms with van der Waals surface area (Å²) in [7, 11) is 0. The van der Waals surface area contributed by atoms with E-state index >= 15 is 0 Å². The monoisotopic (exact) mass is 310 g/mol. The van der Waals surface area contributed by atoms with Crippen molar-refractivity contribution in [1.82, 2.24) is 9.88 Å². The Kier molecular flexibility index (Phi) is 3.60. The molecule has 2 bridgehead atoms. The number of nitrogens with zero attached hydrogens (tertiary/aromatic N) is 2. The molecular formula is C19H19FN2O. The normalized spacial score (nSPS) is 26.3. The summed E-state index contributed by atoms with van der Waals surface area (Å²) in [6.45, 7) is 0. The molecule has 2 saturated heterocycles. The maximum absolute atomic E-state index is 13.1. The molecule has 4 rings (SSSR count). The Balaban J connectivity index is 1.54. The number of aromatic nitrogens is 1. The molecule has 2 fully saturated rings. The number of fused-ring (bicyclic) bond motifs is 2. The maximum Gasteiger partial charge on any atom is 0.255 e. The molecule has 0 unspecified atom stereocenters. The van der Waals surface area contributed by atoms with Crippen LogP contribution in [0.1, 0.15) is 47.5 Å². The number of hydrogen-bond acceptors (Lipinski definition) is 2. The molecule has 3 atom stereocenters. The van der Waals surface area contributed by atoms with E-state index in [1.165, 1.54) is 17.7 Å². The smallest absolute Gasteiger partial charge is 0.255 e. The number of amides is 1. The Labute approximate surface area is 135 Å². The number of rotatable bonds is 2. The van der Waals surface area contributed by atoms with Crippen molar-refractivity contribution < 1.29 is 9.18 Å². The van der Waals surface area contributed by atoms with Gasteiger partial charge >= 0.3 is 0 Å². The summed E-state index contributed by atoms with van der Waals surface area (Å²) in [5.74, 6) is 0.329. The second-order valence-corrected chi connectivity index (χ2v) is 6.56. The van der Waals surface area contributed by atoms with Crippen molar-refractivity contribution in [2.75, 3.05) is 0 Å². The van der Waals surface area contributed by atoms with Crippen LogP contribution in [0.15, 0.2) is 48.8 Å². The maximum atomic E-state index is 13.1. The van der Waals surface area contributed by atoms with E-state index in [9.17, 15) is 9.18 Å². The lowest BCUT2D eigenvalue weighted by molar-refractivity contribution is 0.0571. The van der Waals surface area contributed by atoms with Gasteiger partial charge in [0.1, 0.15) is 5.82 Å². The summed E-state index contributed by atoms with van der Waals surface area (Å²) < 4.78 is 13.1. The molecule has 0 saturated carbocycles. The van der Waals surface area contributed by atoms with Gasteiger partial charge < -0.3 is 4.90 Å². The van der Waals surface area contributed by atoms with Gasteiger partial charge in [0.25, 0.3) is 5.91 Å². The highest BCUT2D eigenvalue weighted by Gasteiger charge is 2.43. The molecule has 0 radical (unpaired) electrons. The van der Waals surface area contributed by atoms with E-state index < -0.39 is 0 Å². The lowest BCUT2D eigenvalue weighted by Gasteiger charge is -2.39. The molecule has 0 aliphatic carbocycles. The number of piperidine rings is 1. The first-order valence-corrected chi connectivity index (χ1v) is 8.20. The highest BCUT2D eigenvalue weighted by Crippen LogP contribution is 2.43. The molecule has 4 heteroatoms. The molecule has 2 aliphatic heterocycles. The number of carbonyl (C=O) groups is 1. The van der Waals surface area contributed by atoms with E-state index in [2.05, 4.69) is 9.88 Å². The van der Waals surface area contributed by atoms with Gasteiger partial charge in [-0.1, -0.05) is 12.1 Å². The standard InChI is InChI=1S/C19H19FN2O/c20-16-5-3-13(4-6-16)15-10-17-7-8-18(11-15)22(17)19(23)14-2-1-9-21-12-14/h1-6,9,12,15,17-18H,7-8,10-11H2/t15-,17+,18-. The van der Waals surface area contributed by atoms with Crippen molar-refractivity contribution in [2.45, 2.75) is 43.7 Å². The summed E-state index contributed by atoms with van der Waals surface area (Å²) in [6.07, 6.45) is 7.39. The van der Waals surface area contributed by atoms with Gasteiger partial charge in [0.2, 0.25) is 0 Å². The molecule has 2 aromatic rings. The van der Waals surface area contributed by atoms with Crippen LogP contribution in [0.2, 0.25) is 0 Å². The van der Waals surface area contributed by atoms with Gasteiger partial charge in [-0.15, -0.1) is 0 Å². The fraction of sp³-hybridized carbons (Fsp3) is 0.368. The molecule has 118 valence electrons. The summed E-state index contributed by atoms with van der Waals surface area (Å²) >= 11 is 0. The van der Waals surface area contributed by atoms with Crippen LogP contribution in [0.3, 0.4) is 0 Å². The molecular weight excluding hydrogens is 291 g/mol. The second-order valence-electron chi connectivity index (χ2n) is 6.56. The molecule has 0 N–H and O–H groups in total. The van der Waals surface area contributed by atoms with E-state index in [4.69, 9.17) is 0 Å². The van der Waals surface area contributed by atoms with E-state index in [1.54, 1.807) is 18.5 Å². The van der Waals surface area contributed by atoms with E-state index in [-0.39, 0.29) is 23.8 Å². The third kappa shape index (κ3) is 2.62. The highest BCUT2D eigenvalue weighted by molar-refractivity contribution is 5.94. The Hall–Kier alpha value is -2.23. The van der Waals surface area contributed by atoms with Crippen LogP contribution >= 0.6 is 0 Å². The average molecular weight is 310 g/mol. The number of hydrogen-bond donors (Lipinski definition) is 0. The lowest BCUT2D eigenvalue weighted by Crippen LogP contribution is -2.46. The van der Waals surface area contributed by atoms with Crippen LogP contribution in [0.4, 0.5) is 4.39 Å². The van der Waals surface area contributed by atoms with Gasteiger partial charge in [-0.3, -0.25) is 9.78 Å². The van der Waals surface area contributed by atoms with Gasteiger partial charge in [-0.25, -0.2) is 4.39 Å². The van der Waals surface area contributed by atoms with Crippen LogP contribution in [-0.2, 0) is 0 Å². The Bertz CT molecular complexity index is 687. The summed E-state index contributed by atoms with van der Waals surface area (Å²) in [6, 6.07) is 11.1. The topological polar surface area (TPSA) is 33.2 Å². The highest BCUT2D eigenvalue weighted by atomic mass is 19.1. The van der Waals surface area contributed by atoms with Crippen molar-refractivity contribution in [3.05, 3.63) is 65.7 Å². The van der Waals surface area contributed by atoms with Crippen molar-refractivity contribution >= 4 is 5.91 Å². The van der Waals surface area contributed by atoms with Crippen LogP contribution in [0, 0.1) is 5.82 Å². The van der Waals surface area contributed by atoms with Crippen LogP contribution < -0.4 is 0 Å². The lowest BCUT2D eigenvalue weighted by atomic mass is 9.85. The predicted octanol–water partition coefficient (Wildman–Crippen LogP) is 3.77. The zero-order chi connectivity index (χ0) is 15.8. The van der Waals surface area contributed by atoms with Crippen LogP contribution in [0.5, 0.6) is 0 Å². The first-order chi connectivity index (χ1) is 11.2. The molecule has 2 aliphatic rings. The zero-order valence-electron chi connectivity index (χ0n) is 12.9. The minimum absolute atomic E-state index is 0.100. The Morgan fingerprint density at radius 2 is 1.78 bits per heavy atom. The molecule has 3 nitrogen and oxygen atoms in total. The number of carbonyl (C=O) groups excluding carboxylic acids is 1. The van der Waals surface area contributed by atoms with Gasteiger partial charge in [0.15, 0.2) is 0 Å². The van der Waals surface area contributed by atoms with Crippen LogP contribution in [-0.4, -0.2) is 27.9 Å². The number of halogens is 1. The third-order valence-electron chi connectivity index (χ3n) is 5.22. The predicted molar refractivity (Wildman–Crippen MR) is 85.6 cm³/mol.